The van der Waals surface area contributed by atoms with Crippen LogP contribution >= 0.6 is 15.9 Å². The Balaban J connectivity index is 1.96. The van der Waals surface area contributed by atoms with Crippen LogP contribution in [0.4, 0.5) is 0 Å². The maximum Gasteiger partial charge on any atom is 0.290 e. The Labute approximate surface area is 118 Å². The Morgan fingerprint density at radius 2 is 2.21 bits per heavy atom. The van der Waals surface area contributed by atoms with Crippen LogP contribution in [-0.2, 0) is 0 Å². The minimum absolute atomic E-state index is 0.326. The Bertz CT molecular complexity index is 592. The van der Waals surface area contributed by atoms with Gasteiger partial charge >= 0.3 is 0 Å². The van der Waals surface area contributed by atoms with E-state index in [4.69, 9.17) is 4.74 Å². The number of nitrogens with zero attached hydrogens (tertiary/aromatic N) is 2. The van der Waals surface area contributed by atoms with Gasteiger partial charge in [-0.3, -0.25) is 9.89 Å². The van der Waals surface area contributed by atoms with Gasteiger partial charge in [-0.25, -0.2) is 5.43 Å². The van der Waals surface area contributed by atoms with Crippen molar-refractivity contribution in [3.05, 3.63) is 46.2 Å². The number of ether oxygens (including phenoxy) is 1. The molecule has 0 bridgehead atoms. The van der Waals surface area contributed by atoms with E-state index >= 15 is 0 Å². The second-order valence-corrected chi connectivity index (χ2v) is 4.42. The molecule has 1 amide bonds. The van der Waals surface area contributed by atoms with Gasteiger partial charge in [0.05, 0.1) is 24.0 Å². The van der Waals surface area contributed by atoms with Crippen LogP contribution in [0, 0.1) is 0 Å². The first-order valence-electron chi connectivity index (χ1n) is 5.37. The van der Waals surface area contributed by atoms with E-state index in [2.05, 4.69) is 36.7 Å². The highest BCUT2D eigenvalue weighted by Crippen LogP contribution is 2.12. The van der Waals surface area contributed by atoms with Crippen molar-refractivity contribution in [1.29, 1.82) is 0 Å². The van der Waals surface area contributed by atoms with E-state index in [9.17, 15) is 4.79 Å². The first-order valence-corrected chi connectivity index (χ1v) is 6.16. The largest absolute Gasteiger partial charge is 0.497 e. The number of carbonyl (C=O) groups is 1. The van der Waals surface area contributed by atoms with Crippen LogP contribution in [0.15, 0.2) is 40.0 Å². The van der Waals surface area contributed by atoms with Crippen molar-refractivity contribution in [3.8, 4) is 5.75 Å². The highest BCUT2D eigenvalue weighted by molar-refractivity contribution is 9.10. The van der Waals surface area contributed by atoms with E-state index in [0.717, 1.165) is 11.3 Å². The molecule has 1 aromatic heterocycles. The third kappa shape index (κ3) is 3.41. The number of carbonyl (C=O) groups excluding carboxylic acids is 1. The normalized spacial score (nSPS) is 10.6. The molecule has 2 aromatic rings. The highest BCUT2D eigenvalue weighted by Gasteiger charge is 2.10. The minimum atomic E-state index is -0.367. The number of hydrogen-bond acceptors (Lipinski definition) is 4. The summed E-state index contributed by atoms with van der Waals surface area (Å²) in [6.07, 6.45) is 3.05. The number of aromatic amines is 1. The molecule has 0 saturated carbocycles. The number of hydrogen-bond donors (Lipinski definition) is 2. The summed E-state index contributed by atoms with van der Waals surface area (Å²) in [4.78, 5) is 11.7. The number of amides is 1. The molecular formula is C12H11BrN4O2. The predicted octanol–water partition coefficient (Wildman–Crippen LogP) is 1.94. The monoisotopic (exact) mass is 322 g/mol. The average Bonchev–Trinajstić information content (AvgIpc) is 2.86. The van der Waals surface area contributed by atoms with Crippen LogP contribution in [-0.4, -0.2) is 29.4 Å². The molecule has 0 atom stereocenters. The molecule has 0 aliphatic carbocycles. The summed E-state index contributed by atoms with van der Waals surface area (Å²) in [5.41, 5.74) is 3.58. The third-order valence-electron chi connectivity index (χ3n) is 2.32. The molecule has 2 rings (SSSR count). The molecule has 2 N–H and O–H groups in total. The van der Waals surface area contributed by atoms with Crippen molar-refractivity contribution in [2.45, 2.75) is 0 Å². The third-order valence-corrected chi connectivity index (χ3v) is 2.92. The summed E-state index contributed by atoms with van der Waals surface area (Å²) in [5, 5.41) is 10.2. The lowest BCUT2D eigenvalue weighted by Gasteiger charge is -1.99. The summed E-state index contributed by atoms with van der Waals surface area (Å²) in [6.45, 7) is 0. The Kier molecular flexibility index (Phi) is 4.30. The van der Waals surface area contributed by atoms with Crippen LogP contribution in [0.25, 0.3) is 0 Å². The van der Waals surface area contributed by atoms with Crippen LogP contribution in [0.2, 0.25) is 0 Å². The molecule has 0 fully saturated rings. The molecule has 0 radical (unpaired) electrons. The van der Waals surface area contributed by atoms with Crippen LogP contribution in [0.3, 0.4) is 0 Å². The van der Waals surface area contributed by atoms with Gasteiger partial charge in [0.1, 0.15) is 11.4 Å². The zero-order valence-electron chi connectivity index (χ0n) is 10.1. The lowest BCUT2D eigenvalue weighted by atomic mass is 10.2. The van der Waals surface area contributed by atoms with Crippen LogP contribution < -0.4 is 10.2 Å². The number of aromatic nitrogens is 2. The maximum absolute atomic E-state index is 11.7. The molecule has 1 heterocycles. The van der Waals surface area contributed by atoms with E-state index in [1.54, 1.807) is 13.3 Å². The Hall–Kier alpha value is -2.15. The summed E-state index contributed by atoms with van der Waals surface area (Å²) in [5.74, 6) is 0.400. The zero-order valence-corrected chi connectivity index (χ0v) is 11.6. The molecular weight excluding hydrogens is 312 g/mol. The van der Waals surface area contributed by atoms with Crippen LogP contribution in [0.1, 0.15) is 16.1 Å². The van der Waals surface area contributed by atoms with Gasteiger partial charge in [-0.15, -0.1) is 0 Å². The molecule has 0 aliphatic rings. The molecule has 19 heavy (non-hydrogen) atoms. The molecule has 1 aromatic carbocycles. The van der Waals surface area contributed by atoms with Gasteiger partial charge in [0.15, 0.2) is 0 Å². The molecule has 0 spiro atoms. The van der Waals surface area contributed by atoms with Gasteiger partial charge in [0.25, 0.3) is 5.91 Å². The zero-order chi connectivity index (χ0) is 13.7. The number of rotatable bonds is 4. The smallest absolute Gasteiger partial charge is 0.290 e. The fraction of sp³-hybridized carbons (Fsp3) is 0.0833. The van der Waals surface area contributed by atoms with Crippen molar-refractivity contribution < 1.29 is 9.53 Å². The second-order valence-electron chi connectivity index (χ2n) is 3.57. The lowest BCUT2D eigenvalue weighted by Crippen LogP contribution is -2.18. The number of methoxy groups -OCH3 is 1. The van der Waals surface area contributed by atoms with Crippen molar-refractivity contribution in [2.24, 2.45) is 5.10 Å². The van der Waals surface area contributed by atoms with Gasteiger partial charge in [0.2, 0.25) is 0 Å². The topological polar surface area (TPSA) is 79.4 Å². The SMILES string of the molecule is COc1ccc(/C=N\NC(=O)c2[nH]ncc2Br)cc1. The van der Waals surface area contributed by atoms with E-state index < -0.39 is 0 Å². The van der Waals surface area contributed by atoms with Gasteiger partial charge < -0.3 is 4.74 Å². The minimum Gasteiger partial charge on any atom is -0.497 e. The van der Waals surface area contributed by atoms with Gasteiger partial charge in [-0.1, -0.05) is 0 Å². The standard InChI is InChI=1S/C12H11BrN4O2/c1-19-9-4-2-8(3-5-9)6-14-17-12(18)11-10(13)7-15-16-11/h2-7H,1H3,(H,15,16)(H,17,18)/b14-6-. The summed E-state index contributed by atoms with van der Waals surface area (Å²) < 4.78 is 5.63. The first-order chi connectivity index (χ1) is 9.20. The van der Waals surface area contributed by atoms with Crippen molar-refractivity contribution in [3.63, 3.8) is 0 Å². The van der Waals surface area contributed by atoms with Gasteiger partial charge in [-0.2, -0.15) is 10.2 Å². The van der Waals surface area contributed by atoms with E-state index in [1.807, 2.05) is 24.3 Å². The van der Waals surface area contributed by atoms with Gasteiger partial charge in [-0.05, 0) is 45.8 Å². The van der Waals surface area contributed by atoms with Crippen molar-refractivity contribution in [1.82, 2.24) is 15.6 Å². The van der Waals surface area contributed by atoms with Crippen LogP contribution in [0.5, 0.6) is 5.75 Å². The fourth-order valence-corrected chi connectivity index (χ4v) is 1.71. The molecule has 98 valence electrons. The first kappa shape index (κ1) is 13.3. The molecule has 0 unspecified atom stereocenters. The maximum atomic E-state index is 11.7. The molecule has 0 aliphatic heterocycles. The summed E-state index contributed by atoms with van der Waals surface area (Å²) in [7, 11) is 1.60. The number of benzene rings is 1. The molecule has 7 heteroatoms. The highest BCUT2D eigenvalue weighted by atomic mass is 79.9. The molecule has 6 nitrogen and oxygen atoms in total. The van der Waals surface area contributed by atoms with Gasteiger partial charge in [0, 0.05) is 0 Å². The Morgan fingerprint density at radius 1 is 1.47 bits per heavy atom. The number of halogens is 1. The number of H-pyrrole nitrogens is 1. The lowest BCUT2D eigenvalue weighted by molar-refractivity contribution is 0.0949. The number of hydrazone groups is 1. The number of nitrogens with one attached hydrogen (secondary N) is 2. The van der Waals surface area contributed by atoms with E-state index in [-0.39, 0.29) is 5.91 Å². The summed E-state index contributed by atoms with van der Waals surface area (Å²) >= 11 is 3.20. The quantitative estimate of drug-likeness (QED) is 0.667. The predicted molar refractivity (Wildman–Crippen MR) is 74.3 cm³/mol. The summed E-state index contributed by atoms with van der Waals surface area (Å²) in [6, 6.07) is 7.30. The molecule has 0 saturated heterocycles. The average molecular weight is 323 g/mol. The van der Waals surface area contributed by atoms with Crippen molar-refractivity contribution in [2.75, 3.05) is 7.11 Å². The second kappa shape index (κ2) is 6.14. The van der Waals surface area contributed by atoms with E-state index in [1.165, 1.54) is 6.20 Å². The van der Waals surface area contributed by atoms with Crippen molar-refractivity contribution >= 4 is 28.1 Å². The Morgan fingerprint density at radius 3 is 2.79 bits per heavy atom. The van der Waals surface area contributed by atoms with E-state index in [0.29, 0.717) is 10.2 Å². The fourth-order valence-electron chi connectivity index (χ4n) is 1.34.